The van der Waals surface area contributed by atoms with Crippen LogP contribution in [0.2, 0.25) is 0 Å². The summed E-state index contributed by atoms with van der Waals surface area (Å²) in [5, 5.41) is 9.85. The Bertz CT molecular complexity index is 3150. The van der Waals surface area contributed by atoms with Crippen LogP contribution in [0.5, 0.6) is 0 Å². The van der Waals surface area contributed by atoms with E-state index in [9.17, 15) is 8.78 Å². The van der Waals surface area contributed by atoms with Crippen molar-refractivity contribution in [1.82, 2.24) is 0 Å². The van der Waals surface area contributed by atoms with Crippen LogP contribution in [0.25, 0.3) is 84.1 Å². The van der Waals surface area contributed by atoms with Gasteiger partial charge in [0.25, 0.3) is 0 Å². The third-order valence-corrected chi connectivity index (χ3v) is 13.6. The molecule has 10 aromatic rings. The Morgan fingerprint density at radius 3 is 1.87 bits per heavy atom. The molecule has 299 valence electrons. The standard InChI is InChI=1S/C22H13BrF2S2.C22H11BrS2.CH4NP.3Co.2K/c23-13-6-8-20(25)17(10-13)15-7-5-12-9-18(14-3-1-2-4-19(14)24)21(26)11-16(12)22(15)27;23-13-6-8-20-18(10-13)15-7-5-12-9-17-14-3-1-2-4-19(14)24-21(17)11-16(12)22(15)25-20;1-2-3;;;;;/h1-11,26-27H;1-11H;3H,1H3;;;;;. The van der Waals surface area contributed by atoms with E-state index in [0.29, 0.717) is 32.0 Å². The number of thiol groups is 2. The molecule has 8 aromatic carbocycles. The maximum atomic E-state index is 14.3. The zero-order valence-electron chi connectivity index (χ0n) is 31.9. The van der Waals surface area contributed by atoms with Gasteiger partial charge in [-0.15, -0.1) is 47.9 Å². The number of nitrogens with zero attached hydrogens (tertiary/aromatic N) is 1. The van der Waals surface area contributed by atoms with E-state index in [0.717, 1.165) is 19.7 Å². The molecule has 0 saturated carbocycles. The molecule has 0 aliphatic carbocycles. The molecule has 2 aromatic heterocycles. The summed E-state index contributed by atoms with van der Waals surface area (Å²) in [5.41, 5.74) is 2.36. The molecule has 0 amide bonds. The second kappa shape index (κ2) is 24.8. The Kier molecular flexibility index (Phi) is 22.2. The van der Waals surface area contributed by atoms with Gasteiger partial charge in [0.1, 0.15) is 11.6 Å². The molecule has 15 heteroatoms. The van der Waals surface area contributed by atoms with Crippen molar-refractivity contribution in [3.8, 4) is 22.3 Å². The number of hydrogen-bond donors (Lipinski definition) is 2. The molecule has 0 N–H and O–H groups in total. The van der Waals surface area contributed by atoms with E-state index in [-0.39, 0.29) is 62.0 Å². The summed E-state index contributed by atoms with van der Waals surface area (Å²) in [6.45, 7) is 0. The van der Waals surface area contributed by atoms with Crippen molar-refractivity contribution in [1.29, 1.82) is 0 Å². The van der Waals surface area contributed by atoms with Crippen molar-refractivity contribution < 1.29 is 59.1 Å². The zero-order valence-corrected chi connectivity index (χ0v) is 48.8. The molecule has 3 radical (unpaired) electrons. The second-order valence-electron chi connectivity index (χ2n) is 12.7. The first-order chi connectivity index (χ1) is 27.6. The normalized spacial score (nSPS) is 10.4. The molecule has 1 nitrogen and oxygen atoms in total. The van der Waals surface area contributed by atoms with E-state index in [1.807, 2.05) is 46.9 Å². The number of thiophene rings is 2. The Morgan fingerprint density at radius 1 is 0.517 bits per heavy atom. The first-order valence-corrected chi connectivity index (χ1v) is 38.5. The molecule has 2 heterocycles. The molecule has 0 atom stereocenters. The SMILES string of the molecule is Brc1ccc2sc3c4cc5sc6ccccc6c5cc4ccc3c2c1.CN=P.Fc1ccccc1-c1cc2ccc(-c3cc(Br)ccc3F)c(S)c2cc1S.[Co].[Co].[Co].[K][K]. The molecular formula is C45H28Br2Co3F2K2NPS4. The van der Waals surface area contributed by atoms with E-state index in [1.54, 1.807) is 37.4 Å². The third kappa shape index (κ3) is 11.6. The molecule has 0 saturated heterocycles. The van der Waals surface area contributed by atoms with Crippen molar-refractivity contribution in [2.45, 2.75) is 9.79 Å². The Hall–Kier alpha value is 1.13. The van der Waals surface area contributed by atoms with Gasteiger partial charge in [0, 0.05) is 133 Å². The van der Waals surface area contributed by atoms with Crippen LogP contribution in [0.4, 0.5) is 8.78 Å². The number of fused-ring (bicyclic) bond motifs is 9. The van der Waals surface area contributed by atoms with E-state index >= 15 is 0 Å². The van der Waals surface area contributed by atoms with Crippen LogP contribution in [-0.2, 0) is 50.3 Å². The van der Waals surface area contributed by atoms with E-state index in [4.69, 9.17) is 0 Å². The summed E-state index contributed by atoms with van der Waals surface area (Å²) in [5.74, 6) is -0.618. The quantitative estimate of drug-likeness (QED) is 0.0972. The average molecular weight is 1190 g/mol. The van der Waals surface area contributed by atoms with Crippen molar-refractivity contribution >= 4 is 214 Å². The first-order valence-electron chi connectivity index (χ1n) is 18.0. The van der Waals surface area contributed by atoms with Crippen LogP contribution in [0, 0.1) is 11.6 Å². The Balaban J connectivity index is 0.000000229. The maximum absolute atomic E-state index is 14.3. The van der Waals surface area contributed by atoms with Crippen LogP contribution in [-0.4, -0.2) is 70.2 Å². The fourth-order valence-electron chi connectivity index (χ4n) is 6.91. The predicted molar refractivity (Wildman–Crippen MR) is 263 cm³/mol. The number of hydrogen-bond acceptors (Lipinski definition) is 5. The monoisotopic (exact) mass is 1190 g/mol. The van der Waals surface area contributed by atoms with E-state index < -0.39 is 0 Å². The predicted octanol–water partition coefficient (Wildman–Crippen LogP) is 16.3. The van der Waals surface area contributed by atoms with Crippen LogP contribution in [0.3, 0.4) is 0 Å². The summed E-state index contributed by atoms with van der Waals surface area (Å²) < 4.78 is 39.3. The van der Waals surface area contributed by atoms with Crippen molar-refractivity contribution in [3.63, 3.8) is 0 Å². The van der Waals surface area contributed by atoms with Crippen LogP contribution in [0.15, 0.2) is 157 Å². The van der Waals surface area contributed by atoms with Crippen molar-refractivity contribution in [2.24, 2.45) is 4.74 Å². The molecule has 0 aliphatic heterocycles. The van der Waals surface area contributed by atoms with Gasteiger partial charge < -0.3 is 0 Å². The fraction of sp³-hybridized carbons (Fsp3) is 0.0222. The topological polar surface area (TPSA) is 12.4 Å². The molecule has 0 aliphatic rings. The summed E-state index contributed by atoms with van der Waals surface area (Å²) in [6, 6.07) is 43.5. The fourth-order valence-corrected chi connectivity index (χ4v) is 10.7. The van der Waals surface area contributed by atoms with Gasteiger partial charge in [0.2, 0.25) is 0 Å². The molecule has 0 bridgehead atoms. The number of rotatable bonds is 2. The minimum absolute atomic E-state index is 0. The summed E-state index contributed by atoms with van der Waals surface area (Å²) in [4.78, 5) is 1.29. The van der Waals surface area contributed by atoms with Crippen molar-refractivity contribution in [2.75, 3.05) is 7.05 Å². The molecular weight excluding hydrogens is 1170 g/mol. The Morgan fingerprint density at radius 2 is 1.12 bits per heavy atom. The minimum atomic E-state index is -0.318. The van der Waals surface area contributed by atoms with Gasteiger partial charge in [0.05, 0.1) is 0 Å². The molecule has 0 unspecified atom stereocenters. The second-order valence-corrected chi connectivity index (χ2v) is 18.1. The van der Waals surface area contributed by atoms with Gasteiger partial charge in [-0.05, 0) is 109 Å². The molecule has 0 spiro atoms. The van der Waals surface area contributed by atoms with Gasteiger partial charge in [-0.3, -0.25) is 4.74 Å². The van der Waals surface area contributed by atoms with Crippen molar-refractivity contribution in [3.05, 3.63) is 154 Å². The van der Waals surface area contributed by atoms with Crippen LogP contribution in [0.1, 0.15) is 0 Å². The number of halogens is 4. The third-order valence-electron chi connectivity index (χ3n) is 9.40. The molecule has 60 heavy (non-hydrogen) atoms. The van der Waals surface area contributed by atoms with Gasteiger partial charge >= 0.3 is 63.2 Å². The first kappa shape index (κ1) is 53.7. The van der Waals surface area contributed by atoms with Gasteiger partial charge in [-0.1, -0.05) is 92.5 Å². The van der Waals surface area contributed by atoms with E-state index in [1.165, 1.54) is 126 Å². The van der Waals surface area contributed by atoms with E-state index in [2.05, 4.69) is 138 Å². The van der Waals surface area contributed by atoms with Crippen LogP contribution >= 0.6 is 88.8 Å². The van der Waals surface area contributed by atoms with Gasteiger partial charge in [0.15, 0.2) is 0 Å². The average Bonchev–Trinajstić information content (AvgIpc) is 3.77. The van der Waals surface area contributed by atoms with Gasteiger partial charge in [-0.2, -0.15) is 0 Å². The summed E-state index contributed by atoms with van der Waals surface area (Å²) in [7, 11) is 4.47. The zero-order chi connectivity index (χ0) is 40.4. The summed E-state index contributed by atoms with van der Waals surface area (Å²) in [6.07, 6.45) is 0. The Labute approximate surface area is 461 Å². The number of benzene rings is 8. The summed E-state index contributed by atoms with van der Waals surface area (Å²) >= 11 is 22.5. The molecule has 0 fully saturated rings. The molecule has 10 rings (SSSR count). The van der Waals surface area contributed by atoms with Crippen LogP contribution < -0.4 is 0 Å². The van der Waals surface area contributed by atoms with Gasteiger partial charge in [-0.25, -0.2) is 8.78 Å².